The molecule has 0 spiro atoms. The number of pyridine rings is 1. The topological polar surface area (TPSA) is 82.6 Å². The van der Waals surface area contributed by atoms with E-state index in [1.54, 1.807) is 18.2 Å². The maximum Gasteiger partial charge on any atom is 0.534 e. The smallest absolute Gasteiger partial charge is 0.422 e. The zero-order valence-corrected chi connectivity index (χ0v) is 12.0. The Bertz CT molecular complexity index is 806. The van der Waals surface area contributed by atoms with Crippen molar-refractivity contribution in [3.63, 3.8) is 0 Å². The lowest BCUT2D eigenvalue weighted by atomic mass is 10.3. The molecule has 0 aliphatic rings. The Hall–Kier alpha value is -2.62. The van der Waals surface area contributed by atoms with Crippen molar-refractivity contribution < 1.29 is 35.3 Å². The first-order chi connectivity index (χ1) is 10.7. The lowest BCUT2D eigenvalue weighted by Crippen LogP contribution is -2.28. The van der Waals surface area contributed by atoms with Crippen molar-refractivity contribution in [1.82, 2.24) is 4.98 Å². The molecule has 6 nitrogen and oxygen atoms in total. The molecule has 0 aliphatic carbocycles. The van der Waals surface area contributed by atoms with Gasteiger partial charge in [-0.15, -0.1) is 0 Å². The van der Waals surface area contributed by atoms with Crippen molar-refractivity contribution in [2.75, 3.05) is 0 Å². The first-order valence-corrected chi connectivity index (χ1v) is 7.34. The number of halogens is 3. The predicted octanol–water partition coefficient (Wildman–Crippen LogP) is 2.53. The highest BCUT2D eigenvalue weighted by atomic mass is 32.2. The predicted molar refractivity (Wildman–Crippen MR) is 71.2 cm³/mol. The van der Waals surface area contributed by atoms with E-state index in [1.807, 2.05) is 0 Å². The van der Waals surface area contributed by atoms with Gasteiger partial charge in [-0.3, -0.25) is 0 Å². The van der Waals surface area contributed by atoms with Crippen LogP contribution in [0.1, 0.15) is 10.5 Å². The second kappa shape index (κ2) is 6.24. The largest absolute Gasteiger partial charge is 0.534 e. The van der Waals surface area contributed by atoms with E-state index in [-0.39, 0.29) is 5.75 Å². The molecular formula is C13H8F3NO5S. The zero-order chi connectivity index (χ0) is 17.1. The number of hydrogen-bond acceptors (Lipinski definition) is 6. The van der Waals surface area contributed by atoms with E-state index in [0.29, 0.717) is 0 Å². The summed E-state index contributed by atoms with van der Waals surface area (Å²) >= 11 is 0. The summed E-state index contributed by atoms with van der Waals surface area (Å²) in [5.41, 5.74) is -6.00. The highest BCUT2D eigenvalue weighted by Crippen LogP contribution is 2.27. The third kappa shape index (κ3) is 4.19. The molecule has 1 aromatic carbocycles. The molecule has 0 bridgehead atoms. The Morgan fingerprint density at radius 1 is 1.04 bits per heavy atom. The Morgan fingerprint density at radius 3 is 2.30 bits per heavy atom. The van der Waals surface area contributed by atoms with Crippen molar-refractivity contribution >= 4 is 16.1 Å². The Balaban J connectivity index is 2.19. The number of ether oxygens (including phenoxy) is 1. The summed E-state index contributed by atoms with van der Waals surface area (Å²) in [5.74, 6) is -1.50. The number of carbonyl (C=O) groups excluding carboxylic acids is 1. The van der Waals surface area contributed by atoms with Gasteiger partial charge in [-0.2, -0.15) is 21.6 Å². The molecule has 0 saturated carbocycles. The number of benzene rings is 1. The molecule has 10 heteroatoms. The van der Waals surface area contributed by atoms with Gasteiger partial charge >= 0.3 is 21.6 Å². The minimum atomic E-state index is -5.83. The summed E-state index contributed by atoms with van der Waals surface area (Å²) in [7, 11) is -5.83. The summed E-state index contributed by atoms with van der Waals surface area (Å²) in [4.78, 5) is 15.4. The number of nitrogens with zero attached hydrogens (tertiary/aromatic N) is 1. The van der Waals surface area contributed by atoms with E-state index in [4.69, 9.17) is 4.74 Å². The molecule has 1 aromatic heterocycles. The van der Waals surface area contributed by atoms with Crippen LogP contribution in [0.15, 0.2) is 48.7 Å². The zero-order valence-electron chi connectivity index (χ0n) is 11.1. The van der Waals surface area contributed by atoms with Gasteiger partial charge in [0.2, 0.25) is 0 Å². The van der Waals surface area contributed by atoms with Crippen LogP contribution in [0.5, 0.6) is 11.5 Å². The second-order valence-electron chi connectivity index (χ2n) is 4.06. The van der Waals surface area contributed by atoms with Crippen LogP contribution in [-0.2, 0) is 10.1 Å². The Kier molecular flexibility index (Phi) is 4.55. The van der Waals surface area contributed by atoms with Gasteiger partial charge in [0, 0.05) is 18.3 Å². The van der Waals surface area contributed by atoms with Crippen LogP contribution in [0.4, 0.5) is 13.2 Å². The van der Waals surface area contributed by atoms with Gasteiger partial charge in [-0.25, -0.2) is 9.78 Å². The second-order valence-corrected chi connectivity index (χ2v) is 5.60. The standard InChI is InChI=1S/C13H8F3NO5S/c14-13(15,16)23(19,20)22-10-6-7-17-11(8-10)12(18)21-9-4-2-1-3-5-9/h1-8H. The van der Waals surface area contributed by atoms with Crippen LogP contribution < -0.4 is 8.92 Å². The number of hydrogen-bond donors (Lipinski definition) is 0. The SMILES string of the molecule is O=C(Oc1ccccc1)c1cc(OS(=O)(=O)C(F)(F)F)ccn1. The van der Waals surface area contributed by atoms with Crippen LogP contribution in [-0.4, -0.2) is 24.9 Å². The van der Waals surface area contributed by atoms with Crippen LogP contribution in [0.2, 0.25) is 0 Å². The van der Waals surface area contributed by atoms with E-state index in [1.165, 1.54) is 12.1 Å². The van der Waals surface area contributed by atoms with Crippen LogP contribution in [0, 0.1) is 0 Å². The van der Waals surface area contributed by atoms with Crippen molar-refractivity contribution in [2.24, 2.45) is 0 Å². The first-order valence-electron chi connectivity index (χ1n) is 5.93. The van der Waals surface area contributed by atoms with Crippen LogP contribution in [0.3, 0.4) is 0 Å². The fourth-order valence-electron chi connectivity index (χ4n) is 1.40. The molecule has 2 rings (SSSR count). The molecule has 23 heavy (non-hydrogen) atoms. The van der Waals surface area contributed by atoms with E-state index in [9.17, 15) is 26.4 Å². The number of rotatable bonds is 4. The maximum absolute atomic E-state index is 12.2. The Labute approximate surface area is 128 Å². The molecular weight excluding hydrogens is 339 g/mol. The minimum absolute atomic E-state index is 0.188. The number of carbonyl (C=O) groups is 1. The molecule has 0 radical (unpaired) electrons. The summed E-state index contributed by atoms with van der Waals surface area (Å²) in [6.07, 6.45) is 0.919. The van der Waals surface area contributed by atoms with Crippen molar-refractivity contribution in [2.45, 2.75) is 5.51 Å². The lowest BCUT2D eigenvalue weighted by Gasteiger charge is -2.09. The van der Waals surface area contributed by atoms with Gasteiger partial charge < -0.3 is 8.92 Å². The third-order valence-electron chi connectivity index (χ3n) is 2.38. The summed E-state index contributed by atoms with van der Waals surface area (Å²) in [5, 5.41) is 0. The van der Waals surface area contributed by atoms with Crippen LogP contribution in [0.25, 0.3) is 0 Å². The van der Waals surface area contributed by atoms with Gasteiger partial charge in [0.1, 0.15) is 11.5 Å². The van der Waals surface area contributed by atoms with Gasteiger partial charge in [0.05, 0.1) is 0 Å². The van der Waals surface area contributed by atoms with Crippen molar-refractivity contribution in [3.8, 4) is 11.5 Å². The number of aromatic nitrogens is 1. The van der Waals surface area contributed by atoms with Crippen LogP contribution >= 0.6 is 0 Å². The highest BCUT2D eigenvalue weighted by Gasteiger charge is 2.48. The number of esters is 1. The van der Waals surface area contributed by atoms with Gasteiger partial charge in [-0.05, 0) is 12.1 Å². The van der Waals surface area contributed by atoms with Crippen molar-refractivity contribution in [1.29, 1.82) is 0 Å². The number of para-hydroxylation sites is 1. The molecule has 122 valence electrons. The fourth-order valence-corrected chi connectivity index (χ4v) is 1.85. The molecule has 0 unspecified atom stereocenters. The molecule has 0 amide bonds. The van der Waals surface area contributed by atoms with E-state index in [0.717, 1.165) is 18.3 Å². The molecule has 0 fully saturated rings. The van der Waals surface area contributed by atoms with E-state index < -0.39 is 33.0 Å². The molecule has 0 atom stereocenters. The van der Waals surface area contributed by atoms with Gasteiger partial charge in [0.15, 0.2) is 5.69 Å². The molecule has 0 N–H and O–H groups in total. The van der Waals surface area contributed by atoms with Gasteiger partial charge in [0.25, 0.3) is 0 Å². The number of alkyl halides is 3. The van der Waals surface area contributed by atoms with E-state index >= 15 is 0 Å². The molecule has 1 heterocycles. The van der Waals surface area contributed by atoms with E-state index in [2.05, 4.69) is 9.17 Å². The third-order valence-corrected chi connectivity index (χ3v) is 3.36. The first kappa shape index (κ1) is 16.7. The Morgan fingerprint density at radius 2 is 1.70 bits per heavy atom. The normalized spacial score (nSPS) is 11.8. The summed E-state index contributed by atoms with van der Waals surface area (Å²) in [6.45, 7) is 0. The quantitative estimate of drug-likeness (QED) is 0.366. The average Bonchev–Trinajstić information content (AvgIpc) is 2.47. The fraction of sp³-hybridized carbons (Fsp3) is 0.0769. The summed E-state index contributed by atoms with van der Waals surface area (Å²) < 4.78 is 67.4. The lowest BCUT2D eigenvalue weighted by molar-refractivity contribution is -0.0500. The van der Waals surface area contributed by atoms with Crippen molar-refractivity contribution in [3.05, 3.63) is 54.4 Å². The minimum Gasteiger partial charge on any atom is -0.422 e. The molecule has 0 saturated heterocycles. The van der Waals surface area contributed by atoms with Gasteiger partial charge in [-0.1, -0.05) is 18.2 Å². The average molecular weight is 347 g/mol. The molecule has 0 aliphatic heterocycles. The molecule has 2 aromatic rings. The monoisotopic (exact) mass is 347 g/mol. The maximum atomic E-state index is 12.2. The highest BCUT2D eigenvalue weighted by molar-refractivity contribution is 7.88. The summed E-state index contributed by atoms with van der Waals surface area (Å²) in [6, 6.07) is 9.44.